The predicted molar refractivity (Wildman–Crippen MR) is 249 cm³/mol. The van der Waals surface area contributed by atoms with Crippen molar-refractivity contribution >= 4 is 11.0 Å². The second-order valence-corrected chi connectivity index (χ2v) is 17.8. The first-order chi connectivity index (χ1) is 29.3. The van der Waals surface area contributed by atoms with Crippen molar-refractivity contribution in [2.45, 2.75) is 52.4 Å². The summed E-state index contributed by atoms with van der Waals surface area (Å²) in [5, 5.41) is 11.7. The van der Waals surface area contributed by atoms with Crippen LogP contribution >= 0.6 is 0 Å². The molecule has 62 heavy (non-hydrogen) atoms. The molecular formula is C56H47FN3OPt-. The molecule has 4 nitrogen and oxygen atoms in total. The van der Waals surface area contributed by atoms with Gasteiger partial charge in [0, 0.05) is 38.5 Å². The van der Waals surface area contributed by atoms with E-state index in [1.165, 1.54) is 17.7 Å². The molecule has 6 heteroatoms. The first kappa shape index (κ1) is 42.3. The number of phenols is 1. The molecule has 0 saturated carbocycles. The number of halogens is 1. The van der Waals surface area contributed by atoms with E-state index < -0.39 is 0 Å². The van der Waals surface area contributed by atoms with Gasteiger partial charge in [-0.15, -0.1) is 23.8 Å². The minimum Gasteiger partial charge on any atom is -0.507 e. The second kappa shape index (κ2) is 16.8. The van der Waals surface area contributed by atoms with Crippen LogP contribution in [0.1, 0.15) is 52.7 Å². The average molecular weight is 992 g/mol. The van der Waals surface area contributed by atoms with Gasteiger partial charge >= 0.3 is 0 Å². The van der Waals surface area contributed by atoms with Crippen molar-refractivity contribution < 1.29 is 30.6 Å². The molecule has 310 valence electrons. The minimum atomic E-state index is -0.295. The molecule has 0 radical (unpaired) electrons. The van der Waals surface area contributed by atoms with Crippen LogP contribution in [-0.2, 0) is 31.9 Å². The quantitative estimate of drug-likeness (QED) is 0.162. The number of hydrogen-bond donors (Lipinski definition) is 1. The summed E-state index contributed by atoms with van der Waals surface area (Å²) in [7, 11) is 0. The molecule has 0 aliphatic rings. The van der Waals surface area contributed by atoms with Crippen LogP contribution in [-0.4, -0.2) is 19.6 Å². The van der Waals surface area contributed by atoms with Crippen molar-refractivity contribution in [3.05, 3.63) is 193 Å². The van der Waals surface area contributed by atoms with E-state index in [1.807, 2.05) is 42.6 Å². The number of para-hydroxylation sites is 1. The number of nitrogens with zero attached hydrogens (tertiary/aromatic N) is 3. The Hall–Kier alpha value is -6.42. The Morgan fingerprint density at radius 2 is 1.15 bits per heavy atom. The summed E-state index contributed by atoms with van der Waals surface area (Å²) < 4.78 is 16.5. The van der Waals surface area contributed by atoms with E-state index in [0.717, 1.165) is 78.0 Å². The fourth-order valence-corrected chi connectivity index (χ4v) is 8.02. The molecule has 9 aromatic rings. The first-order valence-electron chi connectivity index (χ1n) is 20.7. The summed E-state index contributed by atoms with van der Waals surface area (Å²) >= 11 is 0. The van der Waals surface area contributed by atoms with Crippen LogP contribution in [0.25, 0.3) is 83.9 Å². The largest absolute Gasteiger partial charge is 0.507 e. The van der Waals surface area contributed by atoms with E-state index >= 15 is 0 Å². The Balaban J connectivity index is 0.00000529. The molecule has 0 atom stereocenters. The first-order valence-corrected chi connectivity index (χ1v) is 20.7. The Labute approximate surface area is 378 Å². The maximum atomic E-state index is 14.3. The Kier molecular flexibility index (Phi) is 11.5. The third kappa shape index (κ3) is 8.30. The number of pyridine rings is 1. The van der Waals surface area contributed by atoms with Gasteiger partial charge in [-0.25, -0.2) is 9.37 Å². The SMILES string of the molecule is CC(C)(C)c1ccc(O)c(-c2nc3c(-c4[c-]c(-c5cc(-c6ccccc6)ccn5)cc(-c5ccc(F)cc5)c4)cccc3n2-c2ccc(C(C)(C)C)cc2-c2ccccc2)c1.[Pt]. The maximum Gasteiger partial charge on any atom is 0.148 e. The van der Waals surface area contributed by atoms with E-state index in [2.05, 4.69) is 149 Å². The van der Waals surface area contributed by atoms with Gasteiger partial charge in [0.1, 0.15) is 17.4 Å². The van der Waals surface area contributed by atoms with Crippen LogP contribution in [0.2, 0.25) is 0 Å². The van der Waals surface area contributed by atoms with Gasteiger partial charge in [0.2, 0.25) is 0 Å². The van der Waals surface area contributed by atoms with Crippen molar-refractivity contribution in [2.24, 2.45) is 0 Å². The van der Waals surface area contributed by atoms with Crippen LogP contribution < -0.4 is 0 Å². The molecule has 0 fully saturated rings. The fraction of sp³-hybridized carbons (Fsp3) is 0.143. The fourth-order valence-electron chi connectivity index (χ4n) is 8.02. The number of aromatic nitrogens is 3. The summed E-state index contributed by atoms with van der Waals surface area (Å²) in [4.78, 5) is 10.4. The molecule has 2 aromatic heterocycles. The average Bonchev–Trinajstić information content (AvgIpc) is 3.66. The molecule has 2 heterocycles. The summed E-state index contributed by atoms with van der Waals surface area (Å²) in [5.41, 5.74) is 14.5. The molecule has 9 rings (SSSR count). The topological polar surface area (TPSA) is 50.9 Å². The van der Waals surface area contributed by atoms with Crippen LogP contribution in [0.5, 0.6) is 5.75 Å². The van der Waals surface area contributed by atoms with Crippen LogP contribution in [0, 0.1) is 11.9 Å². The van der Waals surface area contributed by atoms with Gasteiger partial charge in [-0.05, 0) is 92.7 Å². The Bertz CT molecular complexity index is 3050. The number of aromatic hydroxyl groups is 1. The molecule has 0 amide bonds. The molecule has 0 aliphatic carbocycles. The monoisotopic (exact) mass is 991 g/mol. The molecule has 0 aliphatic heterocycles. The second-order valence-electron chi connectivity index (χ2n) is 17.8. The third-order valence-corrected chi connectivity index (χ3v) is 11.5. The third-order valence-electron chi connectivity index (χ3n) is 11.5. The van der Waals surface area contributed by atoms with Gasteiger partial charge < -0.3 is 5.11 Å². The van der Waals surface area contributed by atoms with Crippen molar-refractivity contribution in [1.82, 2.24) is 14.5 Å². The van der Waals surface area contributed by atoms with E-state index in [4.69, 9.17) is 9.97 Å². The van der Waals surface area contributed by atoms with Gasteiger partial charge in [0.25, 0.3) is 0 Å². The van der Waals surface area contributed by atoms with Gasteiger partial charge in [0.05, 0.1) is 22.3 Å². The van der Waals surface area contributed by atoms with Crippen molar-refractivity contribution in [3.8, 4) is 78.6 Å². The van der Waals surface area contributed by atoms with Gasteiger partial charge in [-0.2, -0.15) is 0 Å². The predicted octanol–water partition coefficient (Wildman–Crippen LogP) is 14.7. The molecule has 0 saturated heterocycles. The smallest absolute Gasteiger partial charge is 0.148 e. The van der Waals surface area contributed by atoms with Gasteiger partial charge in [-0.1, -0.05) is 161 Å². The number of benzene rings is 7. The van der Waals surface area contributed by atoms with Gasteiger partial charge in [-0.3, -0.25) is 9.55 Å². The van der Waals surface area contributed by atoms with E-state index in [-0.39, 0.29) is 43.5 Å². The molecule has 0 bridgehead atoms. The summed E-state index contributed by atoms with van der Waals surface area (Å²) in [6.45, 7) is 13.2. The summed E-state index contributed by atoms with van der Waals surface area (Å²) in [5.74, 6) is 0.477. The standard InChI is InChI=1S/C56H47FN3O.Pt/c1-55(2,3)43-22-26-50(47(34-43)38-16-11-8-12-17-38)60-51-19-13-18-46(53(51)59-54(60)48-35-44(56(4,5)6)23-27-52(48)61)41-30-40(37-20-24-45(57)25-21-37)31-42(32-41)49-33-39(28-29-58-49)36-14-9-7-10-15-36;/h7-31,33-35,61H,1-6H3;/q-1;. The van der Waals surface area contributed by atoms with E-state index in [0.29, 0.717) is 11.4 Å². The minimum absolute atomic E-state index is 0. The molecule has 7 aromatic carbocycles. The van der Waals surface area contributed by atoms with E-state index in [9.17, 15) is 9.50 Å². The number of imidazole rings is 1. The van der Waals surface area contributed by atoms with Crippen LogP contribution in [0.15, 0.2) is 170 Å². The van der Waals surface area contributed by atoms with Crippen molar-refractivity contribution in [1.29, 1.82) is 0 Å². The molecular weight excluding hydrogens is 945 g/mol. The van der Waals surface area contributed by atoms with Gasteiger partial charge in [0.15, 0.2) is 0 Å². The molecule has 0 unspecified atom stereocenters. The van der Waals surface area contributed by atoms with Crippen molar-refractivity contribution in [2.75, 3.05) is 0 Å². The van der Waals surface area contributed by atoms with Crippen LogP contribution in [0.4, 0.5) is 4.39 Å². The van der Waals surface area contributed by atoms with Crippen molar-refractivity contribution in [3.63, 3.8) is 0 Å². The normalized spacial score (nSPS) is 11.7. The zero-order valence-electron chi connectivity index (χ0n) is 35.6. The number of phenolic OH excluding ortho intramolecular Hbond substituents is 1. The summed E-state index contributed by atoms with van der Waals surface area (Å²) in [6.07, 6.45) is 1.83. The summed E-state index contributed by atoms with van der Waals surface area (Å²) in [6, 6.07) is 58.1. The Morgan fingerprint density at radius 1 is 0.532 bits per heavy atom. The van der Waals surface area contributed by atoms with E-state index in [1.54, 1.807) is 18.2 Å². The zero-order valence-corrected chi connectivity index (χ0v) is 37.9. The molecule has 0 spiro atoms. The number of hydrogen-bond acceptors (Lipinski definition) is 3. The Morgan fingerprint density at radius 3 is 1.82 bits per heavy atom. The molecule has 1 N–H and O–H groups in total. The zero-order chi connectivity index (χ0) is 42.5. The number of rotatable bonds is 7. The number of fused-ring (bicyclic) bond motifs is 1. The van der Waals surface area contributed by atoms with Crippen LogP contribution in [0.3, 0.4) is 0 Å². The maximum absolute atomic E-state index is 14.3.